The number of hydrogen-bond acceptors (Lipinski definition) is 4. The summed E-state index contributed by atoms with van der Waals surface area (Å²) in [5.74, 6) is 0. The average Bonchev–Trinajstić information content (AvgIpc) is 2.29. The molecular formula is C6H13NO4S2. The number of sulfone groups is 1. The van der Waals surface area contributed by atoms with Crippen LogP contribution in [0.4, 0.5) is 0 Å². The second-order valence-corrected chi connectivity index (χ2v) is 7.74. The number of sulfonamides is 1. The fraction of sp³-hybridized carbons (Fsp3) is 1.00. The third kappa shape index (κ3) is 3.24. The van der Waals surface area contributed by atoms with Gasteiger partial charge in [0.05, 0.1) is 0 Å². The van der Waals surface area contributed by atoms with Crippen molar-refractivity contribution in [3.63, 3.8) is 0 Å². The Hall–Kier alpha value is -0.140. The maximum Gasteiger partial charge on any atom is 0.228 e. The van der Waals surface area contributed by atoms with Gasteiger partial charge in [-0.3, -0.25) is 0 Å². The zero-order chi connectivity index (χ0) is 10.1. The maximum absolute atomic E-state index is 11.4. The molecule has 0 aromatic rings. The van der Waals surface area contributed by atoms with Crippen molar-refractivity contribution in [2.75, 3.05) is 24.4 Å². The van der Waals surface area contributed by atoms with E-state index in [0.717, 1.165) is 19.1 Å². The SMILES string of the molecule is CS(=O)(=O)CS(=O)(=O)N1CCCC1. The first kappa shape index (κ1) is 10.9. The normalized spacial score (nSPS) is 20.7. The molecule has 0 N–H and O–H groups in total. The van der Waals surface area contributed by atoms with Crippen LogP contribution in [0, 0.1) is 0 Å². The summed E-state index contributed by atoms with van der Waals surface area (Å²) in [6, 6.07) is 0. The fourth-order valence-electron chi connectivity index (χ4n) is 1.31. The van der Waals surface area contributed by atoms with Gasteiger partial charge in [0, 0.05) is 19.3 Å². The lowest BCUT2D eigenvalue weighted by atomic mass is 10.4. The molecule has 5 nitrogen and oxygen atoms in total. The van der Waals surface area contributed by atoms with E-state index in [1.54, 1.807) is 0 Å². The van der Waals surface area contributed by atoms with Crippen LogP contribution in [0.2, 0.25) is 0 Å². The first-order chi connectivity index (χ1) is 5.81. The van der Waals surface area contributed by atoms with Crippen LogP contribution in [0.5, 0.6) is 0 Å². The summed E-state index contributed by atoms with van der Waals surface area (Å²) in [6.45, 7) is 0.912. The fourth-order valence-corrected chi connectivity index (χ4v) is 4.89. The van der Waals surface area contributed by atoms with E-state index in [4.69, 9.17) is 0 Å². The standard InChI is InChI=1S/C6H13NO4S2/c1-12(8,9)6-13(10,11)7-4-2-3-5-7/h2-6H2,1H3. The Morgan fingerprint density at radius 2 is 1.54 bits per heavy atom. The Labute approximate surface area is 78.7 Å². The molecule has 0 saturated carbocycles. The predicted molar refractivity (Wildman–Crippen MR) is 49.4 cm³/mol. The summed E-state index contributed by atoms with van der Waals surface area (Å²) in [5.41, 5.74) is 0. The molecule has 78 valence electrons. The number of rotatable bonds is 3. The Bertz CT molecular complexity index is 363. The van der Waals surface area contributed by atoms with E-state index in [0.29, 0.717) is 13.1 Å². The van der Waals surface area contributed by atoms with E-state index in [9.17, 15) is 16.8 Å². The van der Waals surface area contributed by atoms with Gasteiger partial charge in [-0.05, 0) is 12.8 Å². The summed E-state index contributed by atoms with van der Waals surface area (Å²) in [6.07, 6.45) is 2.58. The highest BCUT2D eigenvalue weighted by molar-refractivity contribution is 8.06. The van der Waals surface area contributed by atoms with E-state index >= 15 is 0 Å². The van der Waals surface area contributed by atoms with E-state index < -0.39 is 24.9 Å². The van der Waals surface area contributed by atoms with Crippen molar-refractivity contribution in [2.24, 2.45) is 0 Å². The minimum atomic E-state index is -3.57. The lowest BCUT2D eigenvalue weighted by molar-refractivity contribution is 0.481. The maximum atomic E-state index is 11.4. The van der Waals surface area contributed by atoms with Crippen LogP contribution >= 0.6 is 0 Å². The largest absolute Gasteiger partial charge is 0.228 e. The van der Waals surface area contributed by atoms with Crippen LogP contribution in [0.1, 0.15) is 12.8 Å². The van der Waals surface area contributed by atoms with Crippen molar-refractivity contribution in [2.45, 2.75) is 12.8 Å². The van der Waals surface area contributed by atoms with Gasteiger partial charge in [-0.1, -0.05) is 0 Å². The molecule has 0 aliphatic carbocycles. The molecule has 1 saturated heterocycles. The first-order valence-corrected chi connectivity index (χ1v) is 7.64. The lowest BCUT2D eigenvalue weighted by Gasteiger charge is -2.13. The summed E-state index contributed by atoms with van der Waals surface area (Å²) in [7, 11) is -7.02. The van der Waals surface area contributed by atoms with Crippen LogP contribution in [0.3, 0.4) is 0 Å². The van der Waals surface area contributed by atoms with E-state index in [1.807, 2.05) is 0 Å². The molecule has 0 atom stereocenters. The minimum absolute atomic E-state index is 0.456. The number of nitrogens with zero attached hydrogens (tertiary/aromatic N) is 1. The van der Waals surface area contributed by atoms with Crippen LogP contribution in [0.15, 0.2) is 0 Å². The molecule has 1 aliphatic heterocycles. The van der Waals surface area contributed by atoms with Crippen LogP contribution < -0.4 is 0 Å². The van der Waals surface area contributed by atoms with Crippen molar-refractivity contribution in [3.05, 3.63) is 0 Å². The van der Waals surface area contributed by atoms with Gasteiger partial charge in [-0.2, -0.15) is 0 Å². The highest BCUT2D eigenvalue weighted by atomic mass is 32.3. The zero-order valence-corrected chi connectivity index (χ0v) is 9.07. The molecule has 0 amide bonds. The summed E-state index contributed by atoms with van der Waals surface area (Å²) < 4.78 is 45.6. The van der Waals surface area contributed by atoms with Crippen LogP contribution in [-0.4, -0.2) is 45.6 Å². The summed E-state index contributed by atoms with van der Waals surface area (Å²) in [5, 5.41) is -0.764. The third-order valence-corrected chi connectivity index (χ3v) is 5.88. The van der Waals surface area contributed by atoms with E-state index in [-0.39, 0.29) is 0 Å². The molecule has 0 spiro atoms. The van der Waals surface area contributed by atoms with Crippen molar-refractivity contribution in [3.8, 4) is 0 Å². The topological polar surface area (TPSA) is 71.5 Å². The monoisotopic (exact) mass is 227 g/mol. The number of hydrogen-bond donors (Lipinski definition) is 0. The molecule has 1 heterocycles. The molecule has 0 unspecified atom stereocenters. The molecular weight excluding hydrogens is 214 g/mol. The van der Waals surface area contributed by atoms with Crippen molar-refractivity contribution in [1.29, 1.82) is 0 Å². The molecule has 0 aromatic heterocycles. The Balaban J connectivity index is 2.77. The quantitative estimate of drug-likeness (QED) is 0.646. The van der Waals surface area contributed by atoms with Crippen LogP contribution in [0.25, 0.3) is 0 Å². The highest BCUT2D eigenvalue weighted by Gasteiger charge is 2.28. The van der Waals surface area contributed by atoms with E-state index in [1.165, 1.54) is 4.31 Å². The van der Waals surface area contributed by atoms with Crippen LogP contribution in [-0.2, 0) is 19.9 Å². The summed E-state index contributed by atoms with van der Waals surface area (Å²) in [4.78, 5) is 0. The Kier molecular flexibility index (Phi) is 2.98. The minimum Gasteiger partial charge on any atom is -0.228 e. The molecule has 13 heavy (non-hydrogen) atoms. The second-order valence-electron chi connectivity index (χ2n) is 3.26. The van der Waals surface area contributed by atoms with Gasteiger partial charge in [0.15, 0.2) is 14.9 Å². The average molecular weight is 227 g/mol. The van der Waals surface area contributed by atoms with Gasteiger partial charge in [0.25, 0.3) is 0 Å². The molecule has 0 aromatic carbocycles. The Morgan fingerprint density at radius 1 is 1.08 bits per heavy atom. The van der Waals surface area contributed by atoms with Gasteiger partial charge in [-0.15, -0.1) is 0 Å². The van der Waals surface area contributed by atoms with Gasteiger partial charge in [0.2, 0.25) is 10.0 Å². The molecule has 1 aliphatic rings. The molecule has 0 radical (unpaired) electrons. The smallest absolute Gasteiger partial charge is 0.228 e. The highest BCUT2D eigenvalue weighted by Crippen LogP contribution is 2.13. The van der Waals surface area contributed by atoms with Gasteiger partial charge in [-0.25, -0.2) is 21.1 Å². The lowest BCUT2D eigenvalue weighted by Crippen LogP contribution is -2.32. The Morgan fingerprint density at radius 3 is 1.92 bits per heavy atom. The van der Waals surface area contributed by atoms with Gasteiger partial charge in [0.1, 0.15) is 0 Å². The first-order valence-electron chi connectivity index (χ1n) is 3.97. The van der Waals surface area contributed by atoms with Crippen molar-refractivity contribution < 1.29 is 16.8 Å². The predicted octanol–water partition coefficient (Wildman–Crippen LogP) is -0.586. The second kappa shape index (κ2) is 3.55. The van der Waals surface area contributed by atoms with Crippen molar-refractivity contribution in [1.82, 2.24) is 4.31 Å². The third-order valence-electron chi connectivity index (χ3n) is 1.82. The zero-order valence-electron chi connectivity index (χ0n) is 7.43. The molecule has 1 rings (SSSR count). The molecule has 1 fully saturated rings. The molecule has 0 bridgehead atoms. The van der Waals surface area contributed by atoms with Gasteiger partial charge >= 0.3 is 0 Å². The molecule has 7 heteroatoms. The van der Waals surface area contributed by atoms with Crippen molar-refractivity contribution >= 4 is 19.9 Å². The van der Waals surface area contributed by atoms with E-state index in [2.05, 4.69) is 0 Å². The van der Waals surface area contributed by atoms with Gasteiger partial charge < -0.3 is 0 Å². The summed E-state index contributed by atoms with van der Waals surface area (Å²) >= 11 is 0.